The van der Waals surface area contributed by atoms with Crippen molar-refractivity contribution in [2.75, 3.05) is 26.5 Å². The summed E-state index contributed by atoms with van der Waals surface area (Å²) in [4.78, 5) is 0. The summed E-state index contributed by atoms with van der Waals surface area (Å²) >= 11 is 1.92. The molecule has 1 aliphatic carbocycles. The molecule has 0 aromatic heterocycles. The van der Waals surface area contributed by atoms with E-state index in [4.69, 9.17) is 9.47 Å². The zero-order chi connectivity index (χ0) is 15.1. The summed E-state index contributed by atoms with van der Waals surface area (Å²) in [7, 11) is 1.64. The van der Waals surface area contributed by atoms with Crippen molar-refractivity contribution in [2.24, 2.45) is 0 Å². The Morgan fingerprint density at radius 3 is 2.67 bits per heavy atom. The summed E-state index contributed by atoms with van der Waals surface area (Å²) in [6, 6.07) is 7.92. The molecular formula is C16H25NO3S. The van der Waals surface area contributed by atoms with Gasteiger partial charge >= 0.3 is 0 Å². The van der Waals surface area contributed by atoms with Crippen LogP contribution in [0, 0.1) is 0 Å². The monoisotopic (exact) mass is 311 g/mol. The lowest BCUT2D eigenvalue weighted by Crippen LogP contribution is -2.40. The molecule has 2 N–H and O–H groups in total. The number of nitrogens with one attached hydrogen (secondary N) is 1. The first-order valence-corrected chi connectivity index (χ1v) is 8.73. The number of hydrogen-bond acceptors (Lipinski definition) is 5. The number of aliphatic hydroxyl groups excluding tert-OH is 1. The van der Waals surface area contributed by atoms with Crippen LogP contribution >= 0.6 is 11.8 Å². The third-order valence-corrected chi connectivity index (χ3v) is 5.04. The van der Waals surface area contributed by atoms with Gasteiger partial charge in [0.05, 0.1) is 7.11 Å². The van der Waals surface area contributed by atoms with Crippen molar-refractivity contribution < 1.29 is 14.6 Å². The molecule has 0 amide bonds. The highest BCUT2D eigenvalue weighted by molar-refractivity contribution is 7.99. The van der Waals surface area contributed by atoms with Crippen molar-refractivity contribution >= 4 is 11.8 Å². The molecule has 1 fully saturated rings. The first-order chi connectivity index (χ1) is 10.2. The maximum Gasteiger partial charge on any atom is 0.119 e. The van der Waals surface area contributed by atoms with Crippen molar-refractivity contribution in [3.8, 4) is 11.5 Å². The number of benzene rings is 1. The molecule has 5 heteroatoms. The van der Waals surface area contributed by atoms with E-state index in [1.807, 2.05) is 36.0 Å². The van der Waals surface area contributed by atoms with Crippen LogP contribution in [0.3, 0.4) is 0 Å². The fraction of sp³-hybridized carbons (Fsp3) is 0.625. The Labute approximate surface area is 131 Å². The molecule has 4 nitrogen and oxygen atoms in total. The Morgan fingerprint density at radius 1 is 1.29 bits per heavy atom. The predicted octanol–water partition coefficient (Wildman–Crippen LogP) is 2.31. The third-order valence-electron chi connectivity index (χ3n) is 3.87. The first-order valence-electron chi connectivity index (χ1n) is 7.44. The Bertz CT molecular complexity index is 412. The molecular weight excluding hydrogens is 286 g/mol. The molecule has 0 spiro atoms. The summed E-state index contributed by atoms with van der Waals surface area (Å²) < 4.78 is 10.7. The van der Waals surface area contributed by atoms with E-state index in [1.165, 1.54) is 19.3 Å². The fourth-order valence-electron chi connectivity index (χ4n) is 2.65. The van der Waals surface area contributed by atoms with Crippen molar-refractivity contribution in [1.82, 2.24) is 5.32 Å². The SMILES string of the molecule is COc1ccc(OCC(O)CNC2CCCC2SC)cc1. The van der Waals surface area contributed by atoms with Gasteiger partial charge in [0.15, 0.2) is 0 Å². The van der Waals surface area contributed by atoms with E-state index in [0.29, 0.717) is 24.4 Å². The Balaban J connectivity index is 1.68. The van der Waals surface area contributed by atoms with Gasteiger partial charge in [0, 0.05) is 17.8 Å². The second-order valence-corrected chi connectivity index (χ2v) is 6.44. The van der Waals surface area contributed by atoms with Crippen LogP contribution in [0.5, 0.6) is 11.5 Å². The van der Waals surface area contributed by atoms with Crippen molar-refractivity contribution in [3.63, 3.8) is 0 Å². The molecule has 1 aliphatic rings. The maximum absolute atomic E-state index is 10.0. The lowest BCUT2D eigenvalue weighted by molar-refractivity contribution is 0.104. The summed E-state index contributed by atoms with van der Waals surface area (Å²) in [5.41, 5.74) is 0. The molecule has 0 bridgehead atoms. The van der Waals surface area contributed by atoms with Crippen molar-refractivity contribution in [3.05, 3.63) is 24.3 Å². The Kier molecular flexibility index (Phi) is 6.67. The zero-order valence-electron chi connectivity index (χ0n) is 12.7. The molecule has 2 rings (SSSR count). The zero-order valence-corrected chi connectivity index (χ0v) is 13.6. The predicted molar refractivity (Wildman–Crippen MR) is 87.4 cm³/mol. The van der Waals surface area contributed by atoms with Gasteiger partial charge in [-0.1, -0.05) is 6.42 Å². The first kappa shape index (κ1) is 16.5. The average molecular weight is 311 g/mol. The van der Waals surface area contributed by atoms with Crippen LogP contribution < -0.4 is 14.8 Å². The second-order valence-electron chi connectivity index (χ2n) is 5.36. The van der Waals surface area contributed by atoms with Gasteiger partial charge in [-0.2, -0.15) is 11.8 Å². The minimum Gasteiger partial charge on any atom is -0.497 e. The quantitative estimate of drug-likeness (QED) is 0.771. The number of ether oxygens (including phenoxy) is 2. The van der Waals surface area contributed by atoms with Crippen molar-refractivity contribution in [2.45, 2.75) is 36.7 Å². The Morgan fingerprint density at radius 2 is 2.00 bits per heavy atom. The van der Waals surface area contributed by atoms with Crippen LogP contribution in [0.15, 0.2) is 24.3 Å². The number of methoxy groups -OCH3 is 1. The molecule has 3 atom stereocenters. The van der Waals surface area contributed by atoms with Gasteiger partial charge in [-0.25, -0.2) is 0 Å². The van der Waals surface area contributed by atoms with Crippen molar-refractivity contribution in [1.29, 1.82) is 0 Å². The number of hydrogen-bond donors (Lipinski definition) is 2. The van der Waals surface area contributed by atoms with Gasteiger partial charge in [-0.3, -0.25) is 0 Å². The van der Waals surface area contributed by atoms with E-state index in [2.05, 4.69) is 11.6 Å². The lowest BCUT2D eigenvalue weighted by Gasteiger charge is -2.21. The molecule has 0 radical (unpaired) electrons. The summed E-state index contributed by atoms with van der Waals surface area (Å²) in [5.74, 6) is 1.55. The fourth-order valence-corrected chi connectivity index (χ4v) is 3.62. The molecule has 0 heterocycles. The average Bonchev–Trinajstić information content (AvgIpc) is 2.99. The number of rotatable bonds is 8. The molecule has 1 aromatic rings. The highest BCUT2D eigenvalue weighted by Crippen LogP contribution is 2.28. The molecule has 21 heavy (non-hydrogen) atoms. The van der Waals surface area contributed by atoms with Gasteiger partial charge in [0.2, 0.25) is 0 Å². The van der Waals surface area contributed by atoms with Crippen LogP contribution in [0.2, 0.25) is 0 Å². The smallest absolute Gasteiger partial charge is 0.119 e. The van der Waals surface area contributed by atoms with Crippen LogP contribution in [-0.4, -0.2) is 49.0 Å². The van der Waals surface area contributed by atoms with Gasteiger partial charge in [-0.15, -0.1) is 0 Å². The van der Waals surface area contributed by atoms with Gasteiger partial charge in [0.1, 0.15) is 24.2 Å². The third kappa shape index (κ3) is 5.09. The second kappa shape index (κ2) is 8.51. The van der Waals surface area contributed by atoms with E-state index >= 15 is 0 Å². The molecule has 1 aromatic carbocycles. The minimum absolute atomic E-state index is 0.302. The normalized spacial score (nSPS) is 23.0. The lowest BCUT2D eigenvalue weighted by atomic mass is 10.2. The summed E-state index contributed by atoms with van der Waals surface area (Å²) in [6.07, 6.45) is 5.43. The topological polar surface area (TPSA) is 50.7 Å². The van der Waals surface area contributed by atoms with Crippen LogP contribution in [0.4, 0.5) is 0 Å². The van der Waals surface area contributed by atoms with E-state index in [1.54, 1.807) is 7.11 Å². The largest absolute Gasteiger partial charge is 0.497 e. The molecule has 0 aliphatic heterocycles. The highest BCUT2D eigenvalue weighted by Gasteiger charge is 2.26. The van der Waals surface area contributed by atoms with E-state index in [-0.39, 0.29) is 0 Å². The van der Waals surface area contributed by atoms with Crippen LogP contribution in [-0.2, 0) is 0 Å². The standard InChI is InChI=1S/C16H25NO3S/c1-19-13-6-8-14(9-7-13)20-11-12(18)10-17-15-4-3-5-16(15)21-2/h6-9,12,15-18H,3-5,10-11H2,1-2H3. The van der Waals surface area contributed by atoms with E-state index < -0.39 is 6.10 Å². The Hall–Kier alpha value is -0.910. The molecule has 1 saturated carbocycles. The van der Waals surface area contributed by atoms with Gasteiger partial charge < -0.3 is 19.9 Å². The highest BCUT2D eigenvalue weighted by atomic mass is 32.2. The minimum atomic E-state index is -0.491. The molecule has 3 unspecified atom stereocenters. The summed E-state index contributed by atoms with van der Waals surface area (Å²) in [5, 5.41) is 14.2. The van der Waals surface area contributed by atoms with Crippen LogP contribution in [0.1, 0.15) is 19.3 Å². The van der Waals surface area contributed by atoms with E-state index in [9.17, 15) is 5.11 Å². The van der Waals surface area contributed by atoms with Gasteiger partial charge in [0.25, 0.3) is 0 Å². The van der Waals surface area contributed by atoms with E-state index in [0.717, 1.165) is 11.5 Å². The maximum atomic E-state index is 10.0. The van der Waals surface area contributed by atoms with Gasteiger partial charge in [-0.05, 0) is 43.4 Å². The molecule has 118 valence electrons. The summed E-state index contributed by atoms with van der Waals surface area (Å²) in [6.45, 7) is 0.883. The number of thioether (sulfide) groups is 1. The molecule has 0 saturated heterocycles. The number of aliphatic hydroxyl groups is 1. The van der Waals surface area contributed by atoms with Crippen LogP contribution in [0.25, 0.3) is 0 Å².